The Morgan fingerprint density at radius 1 is 1.47 bits per heavy atom. The van der Waals surface area contributed by atoms with Crippen molar-refractivity contribution in [1.29, 1.82) is 0 Å². The fourth-order valence-electron chi connectivity index (χ4n) is 2.77. The van der Waals surface area contributed by atoms with Crippen molar-refractivity contribution in [2.24, 2.45) is 11.8 Å². The van der Waals surface area contributed by atoms with Crippen molar-refractivity contribution in [3.8, 4) is 0 Å². The van der Waals surface area contributed by atoms with Crippen LogP contribution in [0.3, 0.4) is 0 Å². The number of aliphatic hydroxyl groups excluding tert-OH is 1. The van der Waals surface area contributed by atoms with Crippen LogP contribution >= 0.6 is 0 Å². The van der Waals surface area contributed by atoms with Gasteiger partial charge in [0.25, 0.3) is 0 Å². The fourth-order valence-corrected chi connectivity index (χ4v) is 2.77. The molecule has 0 bridgehead atoms. The number of aliphatic hydroxyl groups is 1. The second-order valence-electron chi connectivity index (χ2n) is 4.90. The number of ether oxygens (including phenoxy) is 1. The van der Waals surface area contributed by atoms with E-state index >= 15 is 0 Å². The number of nitrogens with one attached hydrogen (secondary N) is 1. The van der Waals surface area contributed by atoms with Crippen LogP contribution in [0.2, 0.25) is 0 Å². The van der Waals surface area contributed by atoms with Gasteiger partial charge in [0.1, 0.15) is 6.10 Å². The molecule has 0 spiro atoms. The first-order valence-corrected chi connectivity index (χ1v) is 6.37. The SMILES string of the molecule is CCCCC[C@H](C1OC1O)[C@H]1CCNC1. The van der Waals surface area contributed by atoms with E-state index in [4.69, 9.17) is 4.74 Å². The second kappa shape index (κ2) is 5.28. The maximum Gasteiger partial charge on any atom is 0.182 e. The Morgan fingerprint density at radius 2 is 2.27 bits per heavy atom. The average Bonchev–Trinajstić information content (AvgIpc) is 2.76. The van der Waals surface area contributed by atoms with Gasteiger partial charge in [-0.25, -0.2) is 0 Å². The molecule has 2 unspecified atom stereocenters. The average molecular weight is 213 g/mol. The molecule has 88 valence electrons. The highest BCUT2D eigenvalue weighted by atomic mass is 16.7. The lowest BCUT2D eigenvalue weighted by atomic mass is 9.84. The molecule has 15 heavy (non-hydrogen) atoms. The third kappa shape index (κ3) is 2.92. The van der Waals surface area contributed by atoms with Gasteiger partial charge in [0.15, 0.2) is 6.29 Å². The molecule has 2 N–H and O–H groups in total. The van der Waals surface area contributed by atoms with Crippen LogP contribution in [0.15, 0.2) is 0 Å². The van der Waals surface area contributed by atoms with Crippen molar-refractivity contribution in [2.45, 2.75) is 51.4 Å². The van der Waals surface area contributed by atoms with Crippen LogP contribution in [-0.4, -0.2) is 30.6 Å². The minimum atomic E-state index is -0.461. The van der Waals surface area contributed by atoms with E-state index in [1.165, 1.54) is 32.1 Å². The Bertz CT molecular complexity index is 192. The molecule has 4 atom stereocenters. The Labute approximate surface area is 92.2 Å². The highest BCUT2D eigenvalue weighted by Crippen LogP contribution is 2.37. The van der Waals surface area contributed by atoms with E-state index in [1.807, 2.05) is 0 Å². The molecule has 0 amide bonds. The first-order valence-electron chi connectivity index (χ1n) is 6.37. The lowest BCUT2D eigenvalue weighted by Crippen LogP contribution is -2.24. The van der Waals surface area contributed by atoms with Gasteiger partial charge in [-0.2, -0.15) is 0 Å². The summed E-state index contributed by atoms with van der Waals surface area (Å²) >= 11 is 0. The normalized spacial score (nSPS) is 36.8. The summed E-state index contributed by atoms with van der Waals surface area (Å²) in [7, 11) is 0. The molecule has 0 aliphatic carbocycles. The standard InChI is InChI=1S/C12H23NO2/c1-2-3-4-5-10(11-12(14)15-11)9-6-7-13-8-9/h9-14H,2-8H2,1H3/t9-,10-,11?,12?/m0/s1. The van der Waals surface area contributed by atoms with Crippen LogP contribution in [-0.2, 0) is 4.74 Å². The van der Waals surface area contributed by atoms with E-state index < -0.39 is 6.29 Å². The van der Waals surface area contributed by atoms with Gasteiger partial charge in [-0.1, -0.05) is 26.2 Å². The topological polar surface area (TPSA) is 44.8 Å². The highest BCUT2D eigenvalue weighted by molar-refractivity contribution is 4.90. The van der Waals surface area contributed by atoms with Crippen LogP contribution in [0.1, 0.15) is 39.0 Å². The summed E-state index contributed by atoms with van der Waals surface area (Å²) < 4.78 is 5.25. The van der Waals surface area contributed by atoms with Gasteiger partial charge in [-0.05, 0) is 37.8 Å². The fraction of sp³-hybridized carbons (Fsp3) is 1.00. The smallest absolute Gasteiger partial charge is 0.182 e. The van der Waals surface area contributed by atoms with Crippen molar-refractivity contribution in [2.75, 3.05) is 13.1 Å². The number of unbranched alkanes of at least 4 members (excludes halogenated alkanes) is 2. The second-order valence-corrected chi connectivity index (χ2v) is 4.90. The molecule has 0 aromatic carbocycles. The summed E-state index contributed by atoms with van der Waals surface area (Å²) in [4.78, 5) is 0. The largest absolute Gasteiger partial charge is 0.366 e. The predicted octanol–water partition coefficient (Wildman–Crippen LogP) is 1.51. The van der Waals surface area contributed by atoms with E-state index in [1.54, 1.807) is 0 Å². The van der Waals surface area contributed by atoms with Gasteiger partial charge in [-0.3, -0.25) is 0 Å². The third-order valence-corrected chi connectivity index (χ3v) is 3.77. The summed E-state index contributed by atoms with van der Waals surface area (Å²) in [6, 6.07) is 0. The molecule has 0 aromatic rings. The minimum Gasteiger partial charge on any atom is -0.366 e. The van der Waals surface area contributed by atoms with Gasteiger partial charge >= 0.3 is 0 Å². The van der Waals surface area contributed by atoms with Crippen LogP contribution in [0.25, 0.3) is 0 Å². The summed E-state index contributed by atoms with van der Waals surface area (Å²) in [5.41, 5.74) is 0. The van der Waals surface area contributed by atoms with Gasteiger partial charge in [0.2, 0.25) is 0 Å². The van der Waals surface area contributed by atoms with Gasteiger partial charge in [-0.15, -0.1) is 0 Å². The first-order chi connectivity index (χ1) is 7.33. The molecule has 2 rings (SSSR count). The number of hydrogen-bond donors (Lipinski definition) is 2. The quantitative estimate of drug-likeness (QED) is 0.519. The third-order valence-electron chi connectivity index (χ3n) is 3.77. The van der Waals surface area contributed by atoms with E-state index in [-0.39, 0.29) is 6.10 Å². The van der Waals surface area contributed by atoms with Crippen LogP contribution in [0, 0.1) is 11.8 Å². The molecular weight excluding hydrogens is 190 g/mol. The lowest BCUT2D eigenvalue weighted by Gasteiger charge is -2.20. The molecule has 2 saturated heterocycles. The van der Waals surface area contributed by atoms with E-state index in [9.17, 15) is 5.11 Å². The highest BCUT2D eigenvalue weighted by Gasteiger charge is 2.46. The van der Waals surface area contributed by atoms with Crippen molar-refractivity contribution < 1.29 is 9.84 Å². The van der Waals surface area contributed by atoms with E-state index in [0.29, 0.717) is 5.92 Å². The number of epoxide rings is 1. The molecule has 2 heterocycles. The summed E-state index contributed by atoms with van der Waals surface area (Å²) in [6.45, 7) is 4.48. The maximum absolute atomic E-state index is 9.37. The zero-order chi connectivity index (χ0) is 10.7. The van der Waals surface area contributed by atoms with Crippen molar-refractivity contribution in [1.82, 2.24) is 5.32 Å². The van der Waals surface area contributed by atoms with Crippen molar-refractivity contribution in [3.63, 3.8) is 0 Å². The number of rotatable bonds is 6. The Hall–Kier alpha value is -0.120. The summed E-state index contributed by atoms with van der Waals surface area (Å²) in [6.07, 6.45) is 6.02. The molecule has 3 nitrogen and oxygen atoms in total. The Balaban J connectivity index is 1.79. The summed E-state index contributed by atoms with van der Waals surface area (Å²) in [5.74, 6) is 1.31. The molecule has 2 aliphatic rings. The molecule has 0 radical (unpaired) electrons. The molecule has 3 heteroatoms. The van der Waals surface area contributed by atoms with Crippen molar-refractivity contribution in [3.05, 3.63) is 0 Å². The Morgan fingerprint density at radius 3 is 2.80 bits per heavy atom. The lowest BCUT2D eigenvalue weighted by molar-refractivity contribution is 0.154. The van der Waals surface area contributed by atoms with Crippen LogP contribution in [0.4, 0.5) is 0 Å². The maximum atomic E-state index is 9.37. The predicted molar refractivity (Wildman–Crippen MR) is 59.5 cm³/mol. The number of hydrogen-bond acceptors (Lipinski definition) is 3. The molecule has 0 aromatic heterocycles. The zero-order valence-electron chi connectivity index (χ0n) is 9.61. The molecule has 2 aliphatic heterocycles. The molecular formula is C12H23NO2. The molecule has 2 fully saturated rings. The summed E-state index contributed by atoms with van der Waals surface area (Å²) in [5, 5.41) is 12.8. The minimum absolute atomic E-state index is 0.145. The van der Waals surface area contributed by atoms with Crippen molar-refractivity contribution >= 4 is 0 Å². The molecule has 0 saturated carbocycles. The zero-order valence-corrected chi connectivity index (χ0v) is 9.61. The van der Waals surface area contributed by atoms with Crippen LogP contribution < -0.4 is 5.32 Å². The Kier molecular flexibility index (Phi) is 4.00. The van der Waals surface area contributed by atoms with Gasteiger partial charge in [0.05, 0.1) is 0 Å². The van der Waals surface area contributed by atoms with Crippen LogP contribution in [0.5, 0.6) is 0 Å². The van der Waals surface area contributed by atoms with Gasteiger partial charge < -0.3 is 15.2 Å². The van der Waals surface area contributed by atoms with E-state index in [2.05, 4.69) is 12.2 Å². The van der Waals surface area contributed by atoms with Gasteiger partial charge in [0, 0.05) is 0 Å². The first kappa shape index (κ1) is 11.4. The van der Waals surface area contributed by atoms with E-state index in [0.717, 1.165) is 19.0 Å². The monoisotopic (exact) mass is 213 g/mol.